The second-order valence-electron chi connectivity index (χ2n) is 6.94. The van der Waals surface area contributed by atoms with Gasteiger partial charge in [0.25, 0.3) is 0 Å². The van der Waals surface area contributed by atoms with Gasteiger partial charge in [0.05, 0.1) is 30.8 Å². The number of hydrogen-bond acceptors (Lipinski definition) is 5. The number of nitrogens with one attached hydrogen (secondary N) is 1. The topological polar surface area (TPSA) is 72.3 Å². The molecule has 0 aliphatic carbocycles. The fraction of sp³-hybridized carbons (Fsp3) is 0.526. The number of carbonyl (C=O) groups is 1. The summed E-state index contributed by atoms with van der Waals surface area (Å²) in [6.07, 6.45) is 8.35. The van der Waals surface area contributed by atoms with Crippen LogP contribution in [0.25, 0.3) is 0 Å². The van der Waals surface area contributed by atoms with Gasteiger partial charge in [-0.25, -0.2) is 4.98 Å². The molecule has 26 heavy (non-hydrogen) atoms. The highest BCUT2D eigenvalue weighted by atomic mass is 16.5. The number of aryl methyl sites for hydroxylation is 3. The number of hydrogen-bond donors (Lipinski definition) is 1. The smallest absolute Gasteiger partial charge is 0.220 e. The largest absolute Gasteiger partial charge is 0.373 e. The van der Waals surface area contributed by atoms with Gasteiger partial charge in [0.2, 0.25) is 5.91 Å². The van der Waals surface area contributed by atoms with Crippen LogP contribution in [0.3, 0.4) is 0 Å². The maximum Gasteiger partial charge on any atom is 0.220 e. The number of aromatic nitrogens is 3. The average molecular weight is 357 g/mol. The molecule has 0 saturated carbocycles. The lowest BCUT2D eigenvalue weighted by Gasteiger charge is -2.39. The minimum atomic E-state index is -0.0891. The molecule has 1 saturated heterocycles. The number of rotatable bonds is 6. The van der Waals surface area contributed by atoms with E-state index in [9.17, 15) is 4.79 Å². The van der Waals surface area contributed by atoms with Crippen LogP contribution in [-0.4, -0.2) is 58.2 Å². The van der Waals surface area contributed by atoms with Gasteiger partial charge in [0.15, 0.2) is 0 Å². The summed E-state index contributed by atoms with van der Waals surface area (Å²) in [5.74, 6) is 0.0343. The van der Waals surface area contributed by atoms with Gasteiger partial charge >= 0.3 is 0 Å². The van der Waals surface area contributed by atoms with Crippen molar-refractivity contribution in [1.82, 2.24) is 24.8 Å². The SMILES string of the molecule is Cc1cncc(CCC(=O)NC[C@@H]2OCCN(C)[C@H]2c2cncn2C)c1. The maximum atomic E-state index is 12.3. The standard InChI is InChI=1S/C19H27N5O2/c1-14-8-15(10-20-9-14)4-5-18(25)22-12-17-19(23(2)6-7-26-17)16-11-21-13-24(16)3/h8-11,13,17,19H,4-7,12H2,1-3H3,(H,22,25)/t17-,19-/m0/s1. The summed E-state index contributed by atoms with van der Waals surface area (Å²) in [5.41, 5.74) is 3.29. The quantitative estimate of drug-likeness (QED) is 0.842. The van der Waals surface area contributed by atoms with Gasteiger partial charge in [-0.1, -0.05) is 6.07 Å². The molecule has 3 heterocycles. The zero-order valence-corrected chi connectivity index (χ0v) is 15.7. The normalized spacial score (nSPS) is 20.9. The van der Waals surface area contributed by atoms with Crippen LogP contribution in [0.1, 0.15) is 29.3 Å². The Kier molecular flexibility index (Phi) is 6.00. The molecule has 0 aromatic carbocycles. The zero-order valence-electron chi connectivity index (χ0n) is 15.7. The molecule has 0 radical (unpaired) electrons. The number of likely N-dealkylation sites (N-methyl/N-ethyl adjacent to an activating group) is 1. The van der Waals surface area contributed by atoms with E-state index in [1.807, 2.05) is 37.1 Å². The van der Waals surface area contributed by atoms with Crippen molar-refractivity contribution < 1.29 is 9.53 Å². The molecule has 0 bridgehead atoms. The van der Waals surface area contributed by atoms with E-state index in [0.29, 0.717) is 26.0 Å². The highest BCUT2D eigenvalue weighted by Gasteiger charge is 2.33. The minimum Gasteiger partial charge on any atom is -0.373 e. The predicted octanol–water partition coefficient (Wildman–Crippen LogP) is 1.24. The Morgan fingerprint density at radius 2 is 2.15 bits per heavy atom. The second-order valence-corrected chi connectivity index (χ2v) is 6.94. The van der Waals surface area contributed by atoms with Crippen molar-refractivity contribution in [3.63, 3.8) is 0 Å². The first-order valence-electron chi connectivity index (χ1n) is 9.00. The second kappa shape index (κ2) is 8.42. The van der Waals surface area contributed by atoms with Crippen molar-refractivity contribution in [2.45, 2.75) is 31.9 Å². The van der Waals surface area contributed by atoms with Crippen LogP contribution in [-0.2, 0) is 23.0 Å². The van der Waals surface area contributed by atoms with Crippen LogP contribution < -0.4 is 5.32 Å². The number of pyridine rings is 1. The number of morpholine rings is 1. The van der Waals surface area contributed by atoms with E-state index in [-0.39, 0.29) is 18.1 Å². The van der Waals surface area contributed by atoms with Gasteiger partial charge in [-0.05, 0) is 31.5 Å². The fourth-order valence-corrected chi connectivity index (χ4v) is 3.42. The van der Waals surface area contributed by atoms with Crippen molar-refractivity contribution in [3.05, 3.63) is 47.8 Å². The molecule has 2 aromatic rings. The lowest BCUT2D eigenvalue weighted by atomic mass is 10.0. The highest BCUT2D eigenvalue weighted by Crippen LogP contribution is 2.27. The van der Waals surface area contributed by atoms with Crippen molar-refractivity contribution in [3.8, 4) is 0 Å². The van der Waals surface area contributed by atoms with E-state index >= 15 is 0 Å². The third-order valence-electron chi connectivity index (χ3n) is 4.83. The molecular formula is C19H27N5O2. The third-order valence-corrected chi connectivity index (χ3v) is 4.83. The van der Waals surface area contributed by atoms with Crippen LogP contribution in [0.2, 0.25) is 0 Å². The summed E-state index contributed by atoms with van der Waals surface area (Å²) in [6, 6.07) is 2.15. The van der Waals surface area contributed by atoms with E-state index in [2.05, 4.69) is 33.3 Å². The Bertz CT molecular complexity index is 745. The molecule has 1 N–H and O–H groups in total. The van der Waals surface area contributed by atoms with E-state index in [0.717, 1.165) is 23.4 Å². The van der Waals surface area contributed by atoms with E-state index < -0.39 is 0 Å². The molecule has 3 rings (SSSR count). The summed E-state index contributed by atoms with van der Waals surface area (Å²) in [5, 5.41) is 3.03. The molecule has 140 valence electrons. The molecule has 0 spiro atoms. The number of ether oxygens (including phenoxy) is 1. The Labute approximate surface area is 154 Å². The Morgan fingerprint density at radius 3 is 2.88 bits per heavy atom. The molecule has 2 aromatic heterocycles. The minimum absolute atomic E-state index is 0.0343. The average Bonchev–Trinajstić information content (AvgIpc) is 3.04. The summed E-state index contributed by atoms with van der Waals surface area (Å²) < 4.78 is 7.97. The number of amides is 1. The molecule has 0 unspecified atom stereocenters. The molecule has 1 aliphatic rings. The number of carbonyl (C=O) groups excluding carboxylic acids is 1. The van der Waals surface area contributed by atoms with Gasteiger partial charge in [-0.3, -0.25) is 14.7 Å². The van der Waals surface area contributed by atoms with Crippen LogP contribution in [0.15, 0.2) is 31.0 Å². The van der Waals surface area contributed by atoms with Gasteiger partial charge < -0.3 is 14.6 Å². The van der Waals surface area contributed by atoms with Gasteiger partial charge in [0, 0.05) is 45.1 Å². The number of nitrogens with zero attached hydrogens (tertiary/aromatic N) is 4. The van der Waals surface area contributed by atoms with E-state index in [1.165, 1.54) is 0 Å². The van der Waals surface area contributed by atoms with Crippen molar-refractivity contribution in [2.24, 2.45) is 7.05 Å². The van der Waals surface area contributed by atoms with Crippen LogP contribution in [0, 0.1) is 6.92 Å². The Morgan fingerprint density at radius 1 is 1.31 bits per heavy atom. The first-order valence-corrected chi connectivity index (χ1v) is 9.00. The van der Waals surface area contributed by atoms with E-state index in [4.69, 9.17) is 4.74 Å². The van der Waals surface area contributed by atoms with Gasteiger partial charge in [-0.15, -0.1) is 0 Å². The lowest BCUT2D eigenvalue weighted by molar-refractivity contribution is -0.123. The van der Waals surface area contributed by atoms with Crippen LogP contribution in [0.4, 0.5) is 0 Å². The van der Waals surface area contributed by atoms with Crippen molar-refractivity contribution in [2.75, 3.05) is 26.7 Å². The Balaban J connectivity index is 1.55. The van der Waals surface area contributed by atoms with Gasteiger partial charge in [0.1, 0.15) is 0 Å². The predicted molar refractivity (Wildman–Crippen MR) is 98.6 cm³/mol. The summed E-state index contributed by atoms with van der Waals surface area (Å²) >= 11 is 0. The maximum absolute atomic E-state index is 12.3. The molecule has 2 atom stereocenters. The van der Waals surface area contributed by atoms with Gasteiger partial charge in [-0.2, -0.15) is 0 Å². The molecule has 1 amide bonds. The zero-order chi connectivity index (χ0) is 18.5. The van der Waals surface area contributed by atoms with Crippen LogP contribution in [0.5, 0.6) is 0 Å². The molecule has 1 aliphatic heterocycles. The monoisotopic (exact) mass is 357 g/mol. The van der Waals surface area contributed by atoms with Crippen molar-refractivity contribution in [1.29, 1.82) is 0 Å². The molecular weight excluding hydrogens is 330 g/mol. The third kappa shape index (κ3) is 4.47. The van der Waals surface area contributed by atoms with Crippen LogP contribution >= 0.6 is 0 Å². The molecule has 7 heteroatoms. The molecule has 7 nitrogen and oxygen atoms in total. The fourth-order valence-electron chi connectivity index (χ4n) is 3.42. The number of imidazole rings is 1. The summed E-state index contributed by atoms with van der Waals surface area (Å²) in [7, 11) is 4.07. The molecule has 1 fully saturated rings. The summed E-state index contributed by atoms with van der Waals surface area (Å²) in [4.78, 5) is 22.9. The summed E-state index contributed by atoms with van der Waals surface area (Å²) in [6.45, 7) is 4.03. The van der Waals surface area contributed by atoms with Crippen molar-refractivity contribution >= 4 is 5.91 Å². The highest BCUT2D eigenvalue weighted by molar-refractivity contribution is 5.76. The first kappa shape index (κ1) is 18.5. The lowest BCUT2D eigenvalue weighted by Crippen LogP contribution is -2.48. The first-order chi connectivity index (χ1) is 12.5. The van der Waals surface area contributed by atoms with E-state index in [1.54, 1.807) is 6.33 Å². The Hall–Kier alpha value is -2.25.